The molecule has 120 valence electrons. The number of ether oxygens (including phenoxy) is 1. The molecule has 0 aromatic rings. The molecule has 0 aromatic carbocycles. The van der Waals surface area contributed by atoms with E-state index in [1.54, 1.807) is 20.8 Å². The summed E-state index contributed by atoms with van der Waals surface area (Å²) in [7, 11) is 0. The Morgan fingerprint density at radius 1 is 1.29 bits per heavy atom. The van der Waals surface area contributed by atoms with Gasteiger partial charge in [-0.3, -0.25) is 15.1 Å². The molecule has 0 unspecified atom stereocenters. The van der Waals surface area contributed by atoms with Crippen molar-refractivity contribution < 1.29 is 19.2 Å². The van der Waals surface area contributed by atoms with E-state index < -0.39 is 27.9 Å². The highest BCUT2D eigenvalue weighted by Crippen LogP contribution is 2.19. The van der Waals surface area contributed by atoms with Gasteiger partial charge in [0.2, 0.25) is 5.54 Å². The molecule has 1 atom stereocenters. The van der Waals surface area contributed by atoms with Crippen molar-refractivity contribution in [2.45, 2.75) is 44.8 Å². The molecule has 0 aliphatic carbocycles. The normalized spacial score (nSPS) is 13.9. The van der Waals surface area contributed by atoms with Crippen LogP contribution in [0.2, 0.25) is 0 Å². The quantitative estimate of drug-likeness (QED) is 0.105. The summed E-state index contributed by atoms with van der Waals surface area (Å²) in [4.78, 5) is 36.7. The third-order valence-corrected chi connectivity index (χ3v) is 2.33. The molecule has 6 N–H and O–H groups in total. The molecule has 0 aromatic heterocycles. The summed E-state index contributed by atoms with van der Waals surface area (Å²) < 4.78 is 4.98. The number of nitrogens with two attached hydrogens (primary N) is 3. The van der Waals surface area contributed by atoms with Crippen LogP contribution in [-0.4, -0.2) is 40.4 Å². The number of carbonyl (C=O) groups is 2. The smallest absolute Gasteiger partial charge is 0.458 e. The summed E-state index contributed by atoms with van der Waals surface area (Å²) in [5, 5.41) is 10.7. The van der Waals surface area contributed by atoms with Gasteiger partial charge in [-0.1, -0.05) is 0 Å². The van der Waals surface area contributed by atoms with Crippen molar-refractivity contribution >= 4 is 17.8 Å². The molecule has 0 saturated heterocycles. The third-order valence-electron chi connectivity index (χ3n) is 2.33. The number of esters is 1. The van der Waals surface area contributed by atoms with E-state index in [1.807, 2.05) is 0 Å². The fourth-order valence-corrected chi connectivity index (χ4v) is 1.39. The van der Waals surface area contributed by atoms with Gasteiger partial charge in [0.25, 0.3) is 0 Å². The van der Waals surface area contributed by atoms with Crippen molar-refractivity contribution in [2.24, 2.45) is 22.2 Å². The van der Waals surface area contributed by atoms with Crippen LogP contribution in [0.25, 0.3) is 0 Å². The van der Waals surface area contributed by atoms with Gasteiger partial charge in [-0.05, 0) is 33.6 Å². The zero-order valence-corrected chi connectivity index (χ0v) is 12.3. The van der Waals surface area contributed by atoms with Gasteiger partial charge in [0, 0.05) is 6.54 Å². The maximum atomic E-state index is 12.0. The first-order chi connectivity index (χ1) is 9.40. The van der Waals surface area contributed by atoms with Crippen molar-refractivity contribution in [2.75, 3.05) is 6.54 Å². The van der Waals surface area contributed by atoms with Crippen LogP contribution in [0.15, 0.2) is 4.99 Å². The van der Waals surface area contributed by atoms with Crippen LogP contribution in [0.3, 0.4) is 0 Å². The maximum absolute atomic E-state index is 12.0. The van der Waals surface area contributed by atoms with E-state index in [9.17, 15) is 19.7 Å². The second-order valence-corrected chi connectivity index (χ2v) is 5.45. The molecule has 0 aliphatic rings. The molecule has 0 rings (SSSR count). The van der Waals surface area contributed by atoms with Gasteiger partial charge in [0.1, 0.15) is 10.5 Å². The Morgan fingerprint density at radius 2 is 1.81 bits per heavy atom. The molecule has 0 heterocycles. The molecule has 0 spiro atoms. The van der Waals surface area contributed by atoms with Crippen LogP contribution in [0, 0.1) is 10.1 Å². The van der Waals surface area contributed by atoms with Gasteiger partial charge in [-0.2, -0.15) is 0 Å². The number of hydrogen-bond donors (Lipinski definition) is 3. The standard InChI is InChI=1S/C11H21N5O5/c1-10(2,3)21-8(18)11(14,7(17)16(19)20)5-4-6-15-9(12)13/h4-6,14H2,1-3H3,(H4,12,13,15)/t11-/m0/s1. The van der Waals surface area contributed by atoms with Gasteiger partial charge in [0.15, 0.2) is 5.96 Å². The number of nitro groups is 1. The van der Waals surface area contributed by atoms with Crippen LogP contribution in [0.5, 0.6) is 0 Å². The molecular formula is C11H21N5O5. The minimum Gasteiger partial charge on any atom is -0.458 e. The summed E-state index contributed by atoms with van der Waals surface area (Å²) in [6.07, 6.45) is -0.203. The summed E-state index contributed by atoms with van der Waals surface area (Å²) >= 11 is 0. The monoisotopic (exact) mass is 303 g/mol. The lowest BCUT2D eigenvalue weighted by atomic mass is 9.93. The number of aliphatic imine (C=N–C) groups is 1. The molecule has 21 heavy (non-hydrogen) atoms. The molecule has 0 saturated carbocycles. The van der Waals surface area contributed by atoms with Crippen molar-refractivity contribution in [3.05, 3.63) is 10.1 Å². The van der Waals surface area contributed by atoms with E-state index >= 15 is 0 Å². The SMILES string of the molecule is CC(C)(C)OC(=O)[C@](N)(CCCN=C(N)N)C(=O)[N+](=O)[O-]. The molecule has 10 heteroatoms. The Hall–Kier alpha value is -2.23. The minimum absolute atomic E-state index is 0.0784. The van der Waals surface area contributed by atoms with Crippen LogP contribution in [0.1, 0.15) is 33.6 Å². The van der Waals surface area contributed by atoms with E-state index in [1.165, 1.54) is 0 Å². The van der Waals surface area contributed by atoms with Crippen LogP contribution in [0.4, 0.5) is 0 Å². The maximum Gasteiger partial charge on any atom is 0.475 e. The number of amides is 1. The third kappa shape index (κ3) is 6.17. The fraction of sp³-hybridized carbons (Fsp3) is 0.727. The first-order valence-corrected chi connectivity index (χ1v) is 6.16. The molecule has 1 amide bonds. The average molecular weight is 303 g/mol. The number of hydrogen-bond acceptors (Lipinski definition) is 7. The van der Waals surface area contributed by atoms with Gasteiger partial charge in [-0.25, -0.2) is 9.59 Å². The van der Waals surface area contributed by atoms with Crippen molar-refractivity contribution in [3.63, 3.8) is 0 Å². The zero-order valence-electron chi connectivity index (χ0n) is 12.3. The first-order valence-electron chi connectivity index (χ1n) is 6.16. The van der Waals surface area contributed by atoms with Crippen molar-refractivity contribution in [1.82, 2.24) is 0 Å². The molecule has 0 radical (unpaired) electrons. The van der Waals surface area contributed by atoms with E-state index in [0.29, 0.717) is 0 Å². The predicted molar refractivity (Wildman–Crippen MR) is 74.7 cm³/mol. The number of nitrogens with zero attached hydrogens (tertiary/aromatic N) is 2. The summed E-state index contributed by atoms with van der Waals surface area (Å²) in [5.41, 5.74) is 12.6. The van der Waals surface area contributed by atoms with Crippen molar-refractivity contribution in [3.8, 4) is 0 Å². The second-order valence-electron chi connectivity index (χ2n) is 5.45. The number of rotatable bonds is 6. The highest BCUT2D eigenvalue weighted by atomic mass is 16.6. The van der Waals surface area contributed by atoms with Crippen LogP contribution in [-0.2, 0) is 14.3 Å². The Labute approximate surface area is 121 Å². The van der Waals surface area contributed by atoms with Gasteiger partial charge in [-0.15, -0.1) is 0 Å². The van der Waals surface area contributed by atoms with E-state index in [4.69, 9.17) is 21.9 Å². The number of guanidine groups is 1. The molecule has 0 fully saturated rings. The zero-order chi connectivity index (χ0) is 16.8. The topological polar surface area (TPSA) is 177 Å². The Morgan fingerprint density at radius 3 is 2.19 bits per heavy atom. The van der Waals surface area contributed by atoms with E-state index in [2.05, 4.69) is 4.99 Å². The van der Waals surface area contributed by atoms with Gasteiger partial charge < -0.3 is 21.9 Å². The van der Waals surface area contributed by atoms with Crippen LogP contribution < -0.4 is 17.2 Å². The Balaban J connectivity index is 5.11. The van der Waals surface area contributed by atoms with Crippen molar-refractivity contribution in [1.29, 1.82) is 0 Å². The average Bonchev–Trinajstić information content (AvgIpc) is 2.30. The Kier molecular flexibility index (Phi) is 6.23. The Bertz CT molecular complexity index is 452. The molecule has 0 aliphatic heterocycles. The van der Waals surface area contributed by atoms with Gasteiger partial charge >= 0.3 is 11.9 Å². The first kappa shape index (κ1) is 18.8. The summed E-state index contributed by atoms with van der Waals surface area (Å²) in [6.45, 7) is 4.75. The van der Waals surface area contributed by atoms with E-state index in [-0.39, 0.29) is 25.3 Å². The molecular weight excluding hydrogens is 282 g/mol. The molecule has 10 nitrogen and oxygen atoms in total. The fourth-order valence-electron chi connectivity index (χ4n) is 1.39. The largest absolute Gasteiger partial charge is 0.475 e. The highest BCUT2D eigenvalue weighted by Gasteiger charge is 2.52. The summed E-state index contributed by atoms with van der Waals surface area (Å²) in [5.74, 6) is -2.95. The van der Waals surface area contributed by atoms with Crippen LogP contribution >= 0.6 is 0 Å². The number of carbonyl (C=O) groups excluding carboxylic acids is 2. The lowest BCUT2D eigenvalue weighted by molar-refractivity contribution is -0.407. The second kappa shape index (κ2) is 6.97. The lowest BCUT2D eigenvalue weighted by Crippen LogP contribution is -2.59. The molecule has 0 bridgehead atoms. The highest BCUT2D eigenvalue weighted by molar-refractivity contribution is 6.03. The van der Waals surface area contributed by atoms with Gasteiger partial charge in [0.05, 0.1) is 0 Å². The predicted octanol–water partition coefficient (Wildman–Crippen LogP) is -1.12. The minimum atomic E-state index is -2.37. The van der Waals surface area contributed by atoms with E-state index in [0.717, 1.165) is 0 Å². The lowest BCUT2D eigenvalue weighted by Gasteiger charge is -2.26. The summed E-state index contributed by atoms with van der Waals surface area (Å²) in [6, 6.07) is 0.